The molecule has 1 N–H and O–H groups in total. The maximum absolute atomic E-state index is 12.0. The van der Waals surface area contributed by atoms with Crippen LogP contribution in [-0.4, -0.2) is 42.1 Å². The van der Waals surface area contributed by atoms with E-state index in [9.17, 15) is 13.2 Å². The fourth-order valence-electron chi connectivity index (χ4n) is 2.36. The summed E-state index contributed by atoms with van der Waals surface area (Å²) in [7, 11) is -3.03. The van der Waals surface area contributed by atoms with Crippen molar-refractivity contribution < 1.29 is 18.3 Å². The number of carboxylic acid groups (broad SMARTS) is 1. The van der Waals surface area contributed by atoms with Crippen LogP contribution < -0.4 is 0 Å². The zero-order valence-electron chi connectivity index (χ0n) is 9.84. The molecule has 2 rings (SSSR count). The Labute approximate surface area is 102 Å². The van der Waals surface area contributed by atoms with Gasteiger partial charge in [-0.2, -0.15) is 0 Å². The molecule has 1 aliphatic carbocycles. The fraction of sp³-hybridized carbons (Fsp3) is 0.909. The van der Waals surface area contributed by atoms with Crippen LogP contribution in [0.25, 0.3) is 0 Å². The molecule has 1 heterocycles. The molecule has 2 fully saturated rings. The summed E-state index contributed by atoms with van der Waals surface area (Å²) in [5.41, 5.74) is 0. The van der Waals surface area contributed by atoms with Crippen molar-refractivity contribution in [3.05, 3.63) is 0 Å². The van der Waals surface area contributed by atoms with Crippen molar-refractivity contribution in [1.29, 1.82) is 0 Å². The van der Waals surface area contributed by atoms with Gasteiger partial charge in [-0.3, -0.25) is 4.79 Å². The molecule has 2 aliphatic rings. The molecule has 0 aromatic rings. The Kier molecular flexibility index (Phi) is 3.73. The summed E-state index contributed by atoms with van der Waals surface area (Å²) in [6.07, 6.45) is 4.09. The molecule has 0 bridgehead atoms. The molecule has 1 aliphatic heterocycles. The number of carbonyl (C=O) groups is 1. The summed E-state index contributed by atoms with van der Waals surface area (Å²) in [6, 6.07) is 0. The topological polar surface area (TPSA) is 74.7 Å². The highest BCUT2D eigenvalue weighted by Gasteiger charge is 2.41. The maximum Gasteiger partial charge on any atom is 0.303 e. The lowest BCUT2D eigenvalue weighted by molar-refractivity contribution is -0.137. The molecular weight excluding hydrogens is 242 g/mol. The summed E-state index contributed by atoms with van der Waals surface area (Å²) in [6.45, 7) is 1.15. The number of nitrogens with zero attached hydrogens (tertiary/aromatic N) is 1. The first-order chi connectivity index (χ1) is 8.00. The average Bonchev–Trinajstić information content (AvgIpc) is 3.11. The Hall–Kier alpha value is -0.620. The van der Waals surface area contributed by atoms with Crippen molar-refractivity contribution in [2.75, 3.05) is 13.1 Å². The van der Waals surface area contributed by atoms with E-state index in [4.69, 9.17) is 5.11 Å². The fourth-order valence-corrected chi connectivity index (χ4v) is 4.23. The summed E-state index contributed by atoms with van der Waals surface area (Å²) >= 11 is 0. The first-order valence-corrected chi connectivity index (χ1v) is 7.71. The predicted molar refractivity (Wildman–Crippen MR) is 63.1 cm³/mol. The standard InChI is InChI=1S/C11H19NO4S/c13-11(14)4-1-9-5-7-12(8-6-9)17(15,16)10-2-3-10/h9-10H,1-8H2,(H,13,14). The first kappa shape index (κ1) is 12.8. The lowest BCUT2D eigenvalue weighted by atomic mass is 9.93. The molecular formula is C11H19NO4S. The highest BCUT2D eigenvalue weighted by atomic mass is 32.2. The smallest absolute Gasteiger partial charge is 0.303 e. The molecule has 0 aromatic carbocycles. The zero-order valence-corrected chi connectivity index (χ0v) is 10.7. The lowest BCUT2D eigenvalue weighted by Gasteiger charge is -2.31. The van der Waals surface area contributed by atoms with Crippen LogP contribution in [0, 0.1) is 5.92 Å². The second-order valence-corrected chi connectivity index (χ2v) is 7.23. The van der Waals surface area contributed by atoms with Gasteiger partial charge in [0.25, 0.3) is 0 Å². The molecule has 1 saturated carbocycles. The number of carboxylic acids is 1. The van der Waals surface area contributed by atoms with Crippen molar-refractivity contribution in [1.82, 2.24) is 4.31 Å². The molecule has 6 heteroatoms. The zero-order chi connectivity index (χ0) is 12.5. The normalized spacial score (nSPS) is 23.8. The third-order valence-corrected chi connectivity index (χ3v) is 6.04. The predicted octanol–water partition coefficient (Wildman–Crippen LogP) is 1.06. The molecule has 0 unspecified atom stereocenters. The van der Waals surface area contributed by atoms with Crippen LogP contribution in [0.1, 0.15) is 38.5 Å². The Bertz CT molecular complexity index is 380. The van der Waals surface area contributed by atoms with Gasteiger partial charge in [-0.15, -0.1) is 0 Å². The van der Waals surface area contributed by atoms with E-state index >= 15 is 0 Å². The van der Waals surface area contributed by atoms with Gasteiger partial charge in [0.15, 0.2) is 0 Å². The van der Waals surface area contributed by atoms with E-state index in [-0.39, 0.29) is 11.7 Å². The van der Waals surface area contributed by atoms with E-state index in [0.29, 0.717) is 25.4 Å². The van der Waals surface area contributed by atoms with Gasteiger partial charge in [-0.25, -0.2) is 12.7 Å². The van der Waals surface area contributed by atoms with Crippen LogP contribution in [0.2, 0.25) is 0 Å². The molecule has 0 spiro atoms. The quantitative estimate of drug-likeness (QED) is 0.803. The maximum atomic E-state index is 12.0. The van der Waals surface area contributed by atoms with Crippen LogP contribution >= 0.6 is 0 Å². The summed E-state index contributed by atoms with van der Waals surface area (Å²) in [4.78, 5) is 10.5. The molecule has 0 atom stereocenters. The molecule has 0 radical (unpaired) electrons. The summed E-state index contributed by atoms with van der Waals surface area (Å²) in [5.74, 6) is -0.394. The van der Waals surface area contributed by atoms with Crippen molar-refractivity contribution in [3.8, 4) is 0 Å². The van der Waals surface area contributed by atoms with Gasteiger partial charge >= 0.3 is 5.97 Å². The molecule has 1 saturated heterocycles. The van der Waals surface area contributed by atoms with E-state index in [0.717, 1.165) is 25.7 Å². The van der Waals surface area contributed by atoms with Crippen LogP contribution in [0.3, 0.4) is 0 Å². The number of sulfonamides is 1. The Morgan fingerprint density at radius 2 is 1.76 bits per heavy atom. The van der Waals surface area contributed by atoms with E-state index in [1.807, 2.05) is 0 Å². The van der Waals surface area contributed by atoms with E-state index < -0.39 is 16.0 Å². The van der Waals surface area contributed by atoms with Crippen LogP contribution in [-0.2, 0) is 14.8 Å². The second-order valence-electron chi connectivity index (χ2n) is 5.02. The van der Waals surface area contributed by atoms with Crippen LogP contribution in [0.5, 0.6) is 0 Å². The summed E-state index contributed by atoms with van der Waals surface area (Å²) in [5, 5.41) is 8.47. The second kappa shape index (κ2) is 4.94. The van der Waals surface area contributed by atoms with Crippen molar-refractivity contribution in [2.45, 2.75) is 43.8 Å². The van der Waals surface area contributed by atoms with Crippen LogP contribution in [0.4, 0.5) is 0 Å². The molecule has 0 amide bonds. The van der Waals surface area contributed by atoms with Gasteiger partial charge in [0.2, 0.25) is 10.0 Å². The largest absolute Gasteiger partial charge is 0.481 e. The van der Waals surface area contributed by atoms with E-state index in [1.165, 1.54) is 0 Å². The van der Waals surface area contributed by atoms with Crippen molar-refractivity contribution in [3.63, 3.8) is 0 Å². The van der Waals surface area contributed by atoms with Crippen molar-refractivity contribution in [2.24, 2.45) is 5.92 Å². The minimum absolute atomic E-state index is 0.127. The lowest BCUT2D eigenvalue weighted by Crippen LogP contribution is -2.40. The SMILES string of the molecule is O=C(O)CCC1CCN(S(=O)(=O)C2CC2)CC1. The number of hydrogen-bond donors (Lipinski definition) is 1. The number of aliphatic carboxylic acids is 1. The number of hydrogen-bond acceptors (Lipinski definition) is 3. The third kappa shape index (κ3) is 3.19. The monoisotopic (exact) mass is 261 g/mol. The Balaban J connectivity index is 1.79. The van der Waals surface area contributed by atoms with Gasteiger partial charge in [0, 0.05) is 19.5 Å². The Morgan fingerprint density at radius 3 is 2.24 bits per heavy atom. The Morgan fingerprint density at radius 1 is 1.18 bits per heavy atom. The minimum atomic E-state index is -3.03. The molecule has 98 valence electrons. The third-order valence-electron chi connectivity index (χ3n) is 3.65. The van der Waals surface area contributed by atoms with Gasteiger partial charge < -0.3 is 5.11 Å². The van der Waals surface area contributed by atoms with Crippen molar-refractivity contribution >= 4 is 16.0 Å². The average molecular weight is 261 g/mol. The van der Waals surface area contributed by atoms with Gasteiger partial charge in [0.1, 0.15) is 0 Å². The minimum Gasteiger partial charge on any atom is -0.481 e. The molecule has 5 nitrogen and oxygen atoms in total. The number of rotatable bonds is 5. The van der Waals surface area contributed by atoms with Gasteiger partial charge in [0.05, 0.1) is 5.25 Å². The van der Waals surface area contributed by atoms with E-state index in [1.54, 1.807) is 4.31 Å². The highest BCUT2D eigenvalue weighted by Crippen LogP contribution is 2.33. The first-order valence-electron chi connectivity index (χ1n) is 6.21. The number of piperidine rings is 1. The van der Waals surface area contributed by atoms with Gasteiger partial charge in [-0.1, -0.05) is 0 Å². The molecule has 0 aromatic heterocycles. The summed E-state index contributed by atoms with van der Waals surface area (Å²) < 4.78 is 25.5. The van der Waals surface area contributed by atoms with Gasteiger partial charge in [-0.05, 0) is 38.0 Å². The van der Waals surface area contributed by atoms with Crippen LogP contribution in [0.15, 0.2) is 0 Å². The highest BCUT2D eigenvalue weighted by molar-refractivity contribution is 7.90. The van der Waals surface area contributed by atoms with E-state index in [2.05, 4.69) is 0 Å². The molecule has 17 heavy (non-hydrogen) atoms.